The van der Waals surface area contributed by atoms with E-state index in [-0.39, 0.29) is 10.6 Å². The van der Waals surface area contributed by atoms with Crippen LogP contribution < -0.4 is 26.8 Å². The van der Waals surface area contributed by atoms with E-state index in [0.717, 1.165) is 17.0 Å². The molecule has 0 saturated carbocycles. The molecule has 6 N–H and O–H groups in total. The molecule has 2 aromatic carbocycles. The zero-order valence-corrected chi connectivity index (χ0v) is 30.8. The van der Waals surface area contributed by atoms with Crippen molar-refractivity contribution in [2.45, 2.75) is 72.3 Å². The summed E-state index contributed by atoms with van der Waals surface area (Å²) in [4.78, 5) is 29.0. The van der Waals surface area contributed by atoms with Gasteiger partial charge in [0.15, 0.2) is 8.32 Å². The lowest BCUT2D eigenvalue weighted by Gasteiger charge is -2.36. The first kappa shape index (κ1) is 37.0. The Morgan fingerprint density at radius 3 is 2.49 bits per heavy atom. The summed E-state index contributed by atoms with van der Waals surface area (Å²) >= 11 is 0. The van der Waals surface area contributed by atoms with Gasteiger partial charge in [-0.15, -0.1) is 0 Å². The molecule has 2 heterocycles. The molecule has 0 atom stereocenters. The van der Waals surface area contributed by atoms with E-state index in [4.69, 9.17) is 30.4 Å². The highest BCUT2D eigenvalue weighted by Gasteiger charge is 2.36. The van der Waals surface area contributed by atoms with Crippen LogP contribution in [-0.2, 0) is 22.3 Å². The first-order valence-corrected chi connectivity index (χ1v) is 19.3. The number of primary amides is 1. The first-order chi connectivity index (χ1) is 23.1. The van der Waals surface area contributed by atoms with E-state index >= 15 is 0 Å². The van der Waals surface area contributed by atoms with Crippen LogP contribution in [0, 0.1) is 6.92 Å². The van der Waals surface area contributed by atoms with Crippen LogP contribution in [0.4, 0.5) is 23.1 Å². The van der Waals surface area contributed by atoms with Crippen LogP contribution in [0.5, 0.6) is 5.75 Å². The summed E-state index contributed by atoms with van der Waals surface area (Å²) in [5, 5.41) is 11.4. The highest BCUT2D eigenvalue weighted by molar-refractivity contribution is 6.74. The Labute approximate surface area is 289 Å². The van der Waals surface area contributed by atoms with E-state index in [1.807, 2.05) is 47.4 Å². The van der Waals surface area contributed by atoms with Crippen molar-refractivity contribution >= 4 is 54.4 Å². The fourth-order valence-electron chi connectivity index (χ4n) is 4.95. The van der Waals surface area contributed by atoms with Gasteiger partial charge in [0.1, 0.15) is 17.3 Å². The third-order valence-corrected chi connectivity index (χ3v) is 13.2. The summed E-state index contributed by atoms with van der Waals surface area (Å²) in [5.74, 6) is 0.846. The number of nitrogen functional groups attached to an aromatic ring is 1. The number of hydrogen-bond acceptors (Lipinski definition) is 10. The average molecular weight is 691 g/mol. The molecule has 0 bridgehead atoms. The lowest BCUT2D eigenvalue weighted by molar-refractivity contribution is 0.0600. The lowest BCUT2D eigenvalue weighted by atomic mass is 10.1. The van der Waals surface area contributed by atoms with Crippen molar-refractivity contribution in [1.29, 1.82) is 0 Å². The van der Waals surface area contributed by atoms with Crippen molar-refractivity contribution in [3.8, 4) is 5.75 Å². The van der Waals surface area contributed by atoms with Crippen LogP contribution in [0.1, 0.15) is 60.5 Å². The molecule has 0 fully saturated rings. The van der Waals surface area contributed by atoms with Gasteiger partial charge in [0.25, 0.3) is 0 Å². The monoisotopic (exact) mass is 690 g/mol. The zero-order valence-electron chi connectivity index (χ0n) is 29.8. The van der Waals surface area contributed by atoms with E-state index in [0.29, 0.717) is 73.4 Å². The number of esters is 1. The number of hydrogen-bond donors (Lipinski definition) is 4. The number of allylic oxidation sites excluding steroid dienone is 1. The number of aromatic nitrogens is 4. The Morgan fingerprint density at radius 1 is 1.06 bits per heavy atom. The van der Waals surface area contributed by atoms with Gasteiger partial charge in [0.2, 0.25) is 11.9 Å². The Morgan fingerprint density at radius 2 is 1.82 bits per heavy atom. The fourth-order valence-corrected chi connectivity index (χ4v) is 6.04. The summed E-state index contributed by atoms with van der Waals surface area (Å²) in [5.41, 5.74) is 15.9. The van der Waals surface area contributed by atoms with Gasteiger partial charge in [0, 0.05) is 44.3 Å². The predicted octanol–water partition coefficient (Wildman–Crippen LogP) is 6.23. The van der Waals surface area contributed by atoms with Crippen LogP contribution in [-0.4, -0.2) is 66.4 Å². The number of aryl methyl sites for hydroxylation is 2. The molecule has 49 heavy (non-hydrogen) atoms. The van der Waals surface area contributed by atoms with Gasteiger partial charge in [-0.1, -0.05) is 32.9 Å². The number of anilines is 4. The summed E-state index contributed by atoms with van der Waals surface area (Å²) in [7, 11) is -0.510. The molecule has 0 spiro atoms. The summed E-state index contributed by atoms with van der Waals surface area (Å²) in [6, 6.07) is 10.4. The van der Waals surface area contributed by atoms with Gasteiger partial charge in [-0.2, -0.15) is 5.10 Å². The number of nitrogens with zero attached hydrogens (tertiary/aromatic N) is 4. The second kappa shape index (κ2) is 15.6. The quantitative estimate of drug-likeness (QED) is 0.0347. The summed E-state index contributed by atoms with van der Waals surface area (Å²) in [6.07, 6.45) is 4.65. The van der Waals surface area contributed by atoms with Gasteiger partial charge < -0.3 is 40.6 Å². The number of imidazole rings is 1. The molecule has 14 heteroatoms. The maximum Gasteiger partial charge on any atom is 0.337 e. The van der Waals surface area contributed by atoms with Crippen LogP contribution in [0.2, 0.25) is 18.1 Å². The first-order valence-electron chi connectivity index (χ1n) is 16.4. The van der Waals surface area contributed by atoms with Gasteiger partial charge >= 0.3 is 5.97 Å². The van der Waals surface area contributed by atoms with Crippen molar-refractivity contribution in [2.75, 3.05) is 43.2 Å². The van der Waals surface area contributed by atoms with Crippen molar-refractivity contribution in [2.24, 2.45) is 5.73 Å². The van der Waals surface area contributed by atoms with Crippen LogP contribution in [0.25, 0.3) is 11.0 Å². The Bertz CT molecular complexity index is 1820. The number of nitrogens with one attached hydrogen (secondary N) is 2. The van der Waals surface area contributed by atoms with E-state index in [2.05, 4.69) is 49.6 Å². The standard InChI is InChI=1S/C35H50N8O5Si/c1-9-43-30(19-23(2)41-43)40-34-39-27-21-24(33(45)46-6)13-14-28(27)42(34)16-11-10-15-38-31-26(36)20-25(32(37)44)22-29(31)47-17-12-18-48-49(7,8)35(3,4)5/h10-11,13-14,19-22,38H,9,12,15-18,36H2,1-8H3,(H2,37,44)(H,39,40)/b11-10+. The van der Waals surface area contributed by atoms with Crippen molar-refractivity contribution in [3.05, 3.63) is 65.4 Å². The maximum absolute atomic E-state index is 12.2. The Kier molecular flexibility index (Phi) is 11.8. The number of methoxy groups -OCH3 is 1. The molecule has 0 saturated heterocycles. The van der Waals surface area contributed by atoms with Gasteiger partial charge in [-0.3, -0.25) is 4.79 Å². The summed E-state index contributed by atoms with van der Waals surface area (Å²) < 4.78 is 21.2. The minimum atomic E-state index is -1.86. The summed E-state index contributed by atoms with van der Waals surface area (Å²) in [6.45, 7) is 17.6. The minimum Gasteiger partial charge on any atom is -0.491 e. The molecular weight excluding hydrogens is 641 g/mol. The van der Waals surface area contributed by atoms with Crippen molar-refractivity contribution < 1.29 is 23.5 Å². The molecule has 0 radical (unpaired) electrons. The molecule has 1 amide bonds. The lowest BCUT2D eigenvalue weighted by Crippen LogP contribution is -2.41. The molecule has 0 aliphatic heterocycles. The number of fused-ring (bicyclic) bond motifs is 1. The fraction of sp³-hybridized carbons (Fsp3) is 0.429. The zero-order chi connectivity index (χ0) is 35.9. The number of ether oxygens (including phenoxy) is 2. The highest BCUT2D eigenvalue weighted by atomic mass is 28.4. The Balaban J connectivity index is 1.49. The molecule has 0 unspecified atom stereocenters. The molecule has 0 aliphatic rings. The second-order valence-electron chi connectivity index (χ2n) is 13.3. The molecule has 2 aromatic heterocycles. The smallest absolute Gasteiger partial charge is 0.337 e. The van der Waals surface area contributed by atoms with E-state index in [1.54, 1.807) is 24.3 Å². The number of nitrogens with two attached hydrogens (primary N) is 2. The maximum atomic E-state index is 12.2. The third-order valence-electron chi connectivity index (χ3n) is 8.69. The SMILES string of the molecule is CCn1nc(C)cc1Nc1nc2cc(C(=O)OC)ccc2n1C/C=C/CNc1c(N)cc(C(N)=O)cc1OCCCO[Si](C)(C)C(C)(C)C. The van der Waals surface area contributed by atoms with E-state index < -0.39 is 20.2 Å². The van der Waals surface area contributed by atoms with Gasteiger partial charge in [-0.25, -0.2) is 14.5 Å². The second-order valence-corrected chi connectivity index (χ2v) is 18.1. The number of amides is 1. The number of rotatable bonds is 16. The third kappa shape index (κ3) is 9.00. The molecule has 264 valence electrons. The van der Waals surface area contributed by atoms with Crippen LogP contribution in [0.15, 0.2) is 48.6 Å². The van der Waals surface area contributed by atoms with E-state index in [9.17, 15) is 9.59 Å². The van der Waals surface area contributed by atoms with Crippen molar-refractivity contribution in [3.63, 3.8) is 0 Å². The van der Waals surface area contributed by atoms with E-state index in [1.165, 1.54) is 7.11 Å². The number of carbonyl (C=O) groups excluding carboxylic acids is 2. The number of carbonyl (C=O) groups is 2. The molecule has 0 aliphatic carbocycles. The number of benzene rings is 2. The minimum absolute atomic E-state index is 0.123. The molecule has 4 rings (SSSR count). The van der Waals surface area contributed by atoms with Crippen LogP contribution in [0.3, 0.4) is 0 Å². The van der Waals surface area contributed by atoms with Crippen molar-refractivity contribution in [1.82, 2.24) is 19.3 Å². The molecule has 13 nitrogen and oxygen atoms in total. The topological polar surface area (TPSA) is 174 Å². The van der Waals surface area contributed by atoms with Crippen LogP contribution >= 0.6 is 0 Å². The van der Waals surface area contributed by atoms with Gasteiger partial charge in [-0.05, 0) is 62.3 Å². The normalized spacial score (nSPS) is 12.1. The predicted molar refractivity (Wildman–Crippen MR) is 197 cm³/mol. The van der Waals surface area contributed by atoms with Gasteiger partial charge in [0.05, 0.1) is 41.7 Å². The largest absolute Gasteiger partial charge is 0.491 e. The molecular formula is C35H50N8O5Si. The Hall–Kier alpha value is -4.82. The highest BCUT2D eigenvalue weighted by Crippen LogP contribution is 2.37. The molecule has 4 aromatic rings. The average Bonchev–Trinajstić information content (AvgIpc) is 3.58.